The van der Waals surface area contributed by atoms with Gasteiger partial charge in [-0.3, -0.25) is 14.5 Å². The largest absolute Gasteiger partial charge is 0.507 e. The van der Waals surface area contributed by atoms with Crippen LogP contribution in [0.5, 0.6) is 17.2 Å². The number of hydrogen-bond donors (Lipinski definition) is 2. The molecular formula is C29H20ClNO5. The molecule has 4 aromatic rings. The number of anilines is 1. The summed E-state index contributed by atoms with van der Waals surface area (Å²) in [5.41, 5.74) is 0.884. The lowest BCUT2D eigenvalue weighted by Crippen LogP contribution is -2.29. The molecule has 0 radical (unpaired) electrons. The second-order valence-corrected chi connectivity index (χ2v) is 8.59. The number of benzene rings is 4. The zero-order chi connectivity index (χ0) is 25.2. The normalized spacial score (nSPS) is 16.8. The number of phenols is 1. The number of ether oxygens (including phenoxy) is 1. The lowest BCUT2D eigenvalue weighted by Gasteiger charge is -2.26. The van der Waals surface area contributed by atoms with Crippen molar-refractivity contribution >= 4 is 34.7 Å². The van der Waals surface area contributed by atoms with Crippen molar-refractivity contribution in [3.63, 3.8) is 0 Å². The summed E-state index contributed by atoms with van der Waals surface area (Å²) in [6.07, 6.45) is 0. The summed E-state index contributed by atoms with van der Waals surface area (Å²) < 4.78 is 5.96. The third kappa shape index (κ3) is 4.30. The van der Waals surface area contributed by atoms with Crippen LogP contribution in [0.4, 0.5) is 5.69 Å². The molecule has 6 nitrogen and oxygen atoms in total. The Morgan fingerprint density at radius 3 is 2.19 bits per heavy atom. The average Bonchev–Trinajstić information content (AvgIpc) is 3.15. The highest BCUT2D eigenvalue weighted by Crippen LogP contribution is 2.45. The molecule has 1 heterocycles. The standard InChI is InChI=1S/C29H20ClNO5/c30-20-15-13-18(14-16-20)27(33)25-26(31(29(35)28(25)34)23-11-4-5-12-24(23)32)19-7-6-10-22(17-19)36-21-8-2-1-3-9-21/h1-17,26,32-33H/b27-25-. The van der Waals surface area contributed by atoms with Gasteiger partial charge in [-0.1, -0.05) is 54.1 Å². The highest BCUT2D eigenvalue weighted by atomic mass is 35.5. The van der Waals surface area contributed by atoms with E-state index in [1.807, 2.05) is 18.2 Å². The maximum absolute atomic E-state index is 13.3. The molecule has 1 saturated heterocycles. The van der Waals surface area contributed by atoms with Crippen molar-refractivity contribution in [3.8, 4) is 17.2 Å². The van der Waals surface area contributed by atoms with Crippen LogP contribution in [-0.4, -0.2) is 21.9 Å². The van der Waals surface area contributed by atoms with Crippen molar-refractivity contribution in [2.45, 2.75) is 6.04 Å². The van der Waals surface area contributed by atoms with Gasteiger partial charge < -0.3 is 14.9 Å². The van der Waals surface area contributed by atoms with Gasteiger partial charge in [-0.05, 0) is 66.2 Å². The number of amides is 1. The van der Waals surface area contributed by atoms with Crippen LogP contribution in [0.25, 0.3) is 5.76 Å². The molecule has 1 atom stereocenters. The highest BCUT2D eigenvalue weighted by Gasteiger charge is 2.47. The number of hydrogen-bond acceptors (Lipinski definition) is 5. The fourth-order valence-electron chi connectivity index (χ4n) is 4.20. The zero-order valence-electron chi connectivity index (χ0n) is 18.8. The van der Waals surface area contributed by atoms with E-state index in [4.69, 9.17) is 16.3 Å². The summed E-state index contributed by atoms with van der Waals surface area (Å²) in [5.74, 6) is -1.16. The quantitative estimate of drug-likeness (QED) is 0.187. The second kappa shape index (κ2) is 9.60. The SMILES string of the molecule is O=C1C(=O)N(c2ccccc2O)C(c2cccc(Oc3ccccc3)c2)/C1=C(/O)c1ccc(Cl)cc1. The molecule has 2 N–H and O–H groups in total. The number of aliphatic hydroxyl groups excluding tert-OH is 1. The molecule has 0 spiro atoms. The Kier molecular flexibility index (Phi) is 6.19. The first-order valence-electron chi connectivity index (χ1n) is 11.1. The maximum atomic E-state index is 13.3. The van der Waals surface area contributed by atoms with E-state index in [1.54, 1.807) is 78.9 Å². The number of aliphatic hydroxyl groups is 1. The molecular weight excluding hydrogens is 478 g/mol. The molecule has 4 aromatic carbocycles. The molecule has 1 fully saturated rings. The van der Waals surface area contributed by atoms with Gasteiger partial charge in [0, 0.05) is 10.6 Å². The molecule has 36 heavy (non-hydrogen) atoms. The van der Waals surface area contributed by atoms with Gasteiger partial charge in [-0.2, -0.15) is 0 Å². The summed E-state index contributed by atoms with van der Waals surface area (Å²) in [6.45, 7) is 0. The first-order valence-corrected chi connectivity index (χ1v) is 11.5. The van der Waals surface area contributed by atoms with Crippen molar-refractivity contribution in [2.75, 3.05) is 4.90 Å². The Balaban J connectivity index is 1.68. The number of Topliss-reactive ketones (excluding diaryl/α,β-unsaturated/α-hetero) is 1. The van der Waals surface area contributed by atoms with E-state index in [0.717, 1.165) is 0 Å². The van der Waals surface area contributed by atoms with Crippen LogP contribution in [-0.2, 0) is 9.59 Å². The highest BCUT2D eigenvalue weighted by molar-refractivity contribution is 6.52. The molecule has 5 rings (SSSR count). The van der Waals surface area contributed by atoms with Crippen LogP contribution in [0.2, 0.25) is 5.02 Å². The van der Waals surface area contributed by atoms with E-state index in [0.29, 0.717) is 27.6 Å². The zero-order valence-corrected chi connectivity index (χ0v) is 19.6. The van der Waals surface area contributed by atoms with E-state index < -0.39 is 17.7 Å². The Morgan fingerprint density at radius 2 is 1.47 bits per heavy atom. The lowest BCUT2D eigenvalue weighted by atomic mass is 9.95. The minimum absolute atomic E-state index is 0.109. The molecule has 1 unspecified atom stereocenters. The van der Waals surface area contributed by atoms with Crippen molar-refractivity contribution in [3.05, 3.63) is 125 Å². The van der Waals surface area contributed by atoms with Crippen molar-refractivity contribution < 1.29 is 24.5 Å². The van der Waals surface area contributed by atoms with Gasteiger partial charge in [-0.25, -0.2) is 0 Å². The number of carbonyl (C=O) groups is 2. The van der Waals surface area contributed by atoms with Crippen LogP contribution in [0.15, 0.2) is 109 Å². The summed E-state index contributed by atoms with van der Waals surface area (Å²) in [7, 11) is 0. The number of aromatic hydroxyl groups is 1. The minimum atomic E-state index is -1.02. The van der Waals surface area contributed by atoms with Crippen LogP contribution >= 0.6 is 11.6 Å². The Hall–Kier alpha value is -4.55. The van der Waals surface area contributed by atoms with Gasteiger partial charge >= 0.3 is 0 Å². The van der Waals surface area contributed by atoms with E-state index in [9.17, 15) is 19.8 Å². The van der Waals surface area contributed by atoms with Gasteiger partial charge in [0.25, 0.3) is 11.7 Å². The Bertz CT molecular complexity index is 1480. The van der Waals surface area contributed by atoms with Gasteiger partial charge in [0.15, 0.2) is 0 Å². The number of phenolic OH excluding ortho intramolecular Hbond substituents is 1. The molecule has 0 aromatic heterocycles. The molecule has 1 aliphatic rings. The molecule has 1 aliphatic heterocycles. The van der Waals surface area contributed by atoms with Crippen LogP contribution in [0, 0.1) is 0 Å². The predicted octanol–water partition coefficient (Wildman–Crippen LogP) is 6.46. The van der Waals surface area contributed by atoms with Gasteiger partial charge in [0.05, 0.1) is 17.3 Å². The minimum Gasteiger partial charge on any atom is -0.507 e. The van der Waals surface area contributed by atoms with Crippen molar-refractivity contribution in [2.24, 2.45) is 0 Å². The third-order valence-electron chi connectivity index (χ3n) is 5.86. The number of halogens is 1. The first-order chi connectivity index (χ1) is 17.4. The summed E-state index contributed by atoms with van der Waals surface area (Å²) in [5, 5.41) is 22.2. The second-order valence-electron chi connectivity index (χ2n) is 8.15. The summed E-state index contributed by atoms with van der Waals surface area (Å²) >= 11 is 5.99. The molecule has 0 aliphatic carbocycles. The maximum Gasteiger partial charge on any atom is 0.300 e. The van der Waals surface area contributed by atoms with Crippen LogP contribution in [0.3, 0.4) is 0 Å². The van der Waals surface area contributed by atoms with Crippen molar-refractivity contribution in [1.82, 2.24) is 0 Å². The van der Waals surface area contributed by atoms with Crippen LogP contribution < -0.4 is 9.64 Å². The smallest absolute Gasteiger partial charge is 0.300 e. The first kappa shape index (κ1) is 23.2. The Labute approximate surface area is 212 Å². The summed E-state index contributed by atoms with van der Waals surface area (Å²) in [4.78, 5) is 27.8. The number of ketones is 1. The van der Waals surface area contributed by atoms with E-state index in [-0.39, 0.29) is 22.8 Å². The van der Waals surface area contributed by atoms with E-state index in [1.165, 1.54) is 11.0 Å². The van der Waals surface area contributed by atoms with E-state index >= 15 is 0 Å². The van der Waals surface area contributed by atoms with Gasteiger partial charge in [-0.15, -0.1) is 0 Å². The number of rotatable bonds is 5. The monoisotopic (exact) mass is 497 g/mol. The number of nitrogens with zero attached hydrogens (tertiary/aromatic N) is 1. The lowest BCUT2D eigenvalue weighted by molar-refractivity contribution is -0.132. The predicted molar refractivity (Wildman–Crippen MR) is 137 cm³/mol. The molecule has 178 valence electrons. The topological polar surface area (TPSA) is 87.1 Å². The molecule has 0 bridgehead atoms. The fraction of sp³-hybridized carbons (Fsp3) is 0.0345. The van der Waals surface area contributed by atoms with Crippen LogP contribution in [0.1, 0.15) is 17.2 Å². The fourth-order valence-corrected chi connectivity index (χ4v) is 4.33. The number of para-hydroxylation sites is 3. The summed E-state index contributed by atoms with van der Waals surface area (Å²) in [6, 6.07) is 27.6. The van der Waals surface area contributed by atoms with E-state index in [2.05, 4.69) is 0 Å². The Morgan fingerprint density at radius 1 is 0.806 bits per heavy atom. The molecule has 7 heteroatoms. The van der Waals surface area contributed by atoms with Gasteiger partial charge in [0.1, 0.15) is 23.0 Å². The van der Waals surface area contributed by atoms with Crippen molar-refractivity contribution in [1.29, 1.82) is 0 Å². The molecule has 1 amide bonds. The van der Waals surface area contributed by atoms with Gasteiger partial charge in [0.2, 0.25) is 0 Å². The third-order valence-corrected chi connectivity index (χ3v) is 6.11. The average molecular weight is 498 g/mol. The molecule has 0 saturated carbocycles. The number of carbonyl (C=O) groups excluding carboxylic acids is 2.